The van der Waals surface area contributed by atoms with Crippen molar-refractivity contribution in [1.82, 2.24) is 10.3 Å². The summed E-state index contributed by atoms with van der Waals surface area (Å²) in [5, 5.41) is 3.37. The molecule has 0 saturated heterocycles. The number of hydrogen-bond acceptors (Lipinski definition) is 3. The summed E-state index contributed by atoms with van der Waals surface area (Å²) in [6.07, 6.45) is 5.25. The predicted molar refractivity (Wildman–Crippen MR) is 75.1 cm³/mol. The first-order valence-electron chi connectivity index (χ1n) is 7.11. The monoisotopic (exact) mass is 256 g/mol. The van der Waals surface area contributed by atoms with Crippen LogP contribution in [0.1, 0.15) is 48.5 Å². The second kappa shape index (κ2) is 5.57. The molecule has 0 aromatic carbocycles. The van der Waals surface area contributed by atoms with E-state index < -0.39 is 0 Å². The lowest BCUT2D eigenvalue weighted by Gasteiger charge is -2.07. The molecule has 3 rings (SSSR count). The molecule has 0 bridgehead atoms. The van der Waals surface area contributed by atoms with Crippen molar-refractivity contribution in [3.05, 3.63) is 53.2 Å². The van der Waals surface area contributed by atoms with Gasteiger partial charge in [0.15, 0.2) is 0 Å². The fraction of sp³-hybridized carbons (Fsp3) is 0.438. The second-order valence-electron chi connectivity index (χ2n) is 5.12. The molecule has 0 spiro atoms. The van der Waals surface area contributed by atoms with E-state index in [0.717, 1.165) is 43.9 Å². The van der Waals surface area contributed by atoms with Crippen LogP contribution in [0, 0.1) is 0 Å². The molecule has 0 amide bonds. The topological polar surface area (TPSA) is 38.1 Å². The van der Waals surface area contributed by atoms with Crippen molar-refractivity contribution in [3.63, 3.8) is 0 Å². The molecular weight excluding hydrogens is 236 g/mol. The van der Waals surface area contributed by atoms with Crippen LogP contribution in [0.2, 0.25) is 0 Å². The summed E-state index contributed by atoms with van der Waals surface area (Å²) in [7, 11) is 0. The minimum Gasteiger partial charge on any atom is -0.464 e. The lowest BCUT2D eigenvalue weighted by atomic mass is 10.0. The average Bonchev–Trinajstić information content (AvgIpc) is 3.05. The summed E-state index contributed by atoms with van der Waals surface area (Å²) >= 11 is 0. The summed E-state index contributed by atoms with van der Waals surface area (Å²) in [4.78, 5) is 4.53. The van der Waals surface area contributed by atoms with Gasteiger partial charge in [-0.3, -0.25) is 4.98 Å². The maximum Gasteiger partial charge on any atom is 0.117 e. The van der Waals surface area contributed by atoms with Gasteiger partial charge in [-0.15, -0.1) is 0 Å². The number of nitrogens with one attached hydrogen (secondary N) is 1. The van der Waals surface area contributed by atoms with E-state index in [4.69, 9.17) is 4.42 Å². The number of nitrogens with zero attached hydrogens (tertiary/aromatic N) is 1. The van der Waals surface area contributed by atoms with Gasteiger partial charge in [-0.2, -0.15) is 0 Å². The molecule has 1 unspecified atom stereocenters. The van der Waals surface area contributed by atoms with Gasteiger partial charge in [-0.25, -0.2) is 0 Å². The smallest absolute Gasteiger partial charge is 0.117 e. The molecule has 0 radical (unpaired) electrons. The molecular formula is C16H20N2O. The Balaban J connectivity index is 1.74. The van der Waals surface area contributed by atoms with E-state index in [0.29, 0.717) is 5.92 Å². The Labute approximate surface area is 114 Å². The highest BCUT2D eigenvalue weighted by Gasteiger charge is 2.27. The molecule has 3 heteroatoms. The third-order valence-electron chi connectivity index (χ3n) is 3.71. The first kappa shape index (κ1) is 12.4. The van der Waals surface area contributed by atoms with Crippen LogP contribution in [0.5, 0.6) is 0 Å². The van der Waals surface area contributed by atoms with Crippen LogP contribution < -0.4 is 5.32 Å². The summed E-state index contributed by atoms with van der Waals surface area (Å²) in [6, 6.07) is 8.38. The van der Waals surface area contributed by atoms with Crippen molar-refractivity contribution in [2.24, 2.45) is 0 Å². The number of aryl methyl sites for hydroxylation is 1. The van der Waals surface area contributed by atoms with Crippen LogP contribution >= 0.6 is 0 Å². The molecule has 3 nitrogen and oxygen atoms in total. The third kappa shape index (κ3) is 2.56. The van der Waals surface area contributed by atoms with Crippen molar-refractivity contribution in [3.8, 4) is 0 Å². The summed E-state index contributed by atoms with van der Waals surface area (Å²) in [5.41, 5.74) is 2.57. The number of aromatic nitrogens is 1. The van der Waals surface area contributed by atoms with Gasteiger partial charge in [0.1, 0.15) is 11.5 Å². The van der Waals surface area contributed by atoms with Gasteiger partial charge in [0, 0.05) is 6.20 Å². The van der Waals surface area contributed by atoms with E-state index in [2.05, 4.69) is 35.4 Å². The Hall–Kier alpha value is -1.61. The third-order valence-corrected chi connectivity index (χ3v) is 3.71. The van der Waals surface area contributed by atoms with Crippen LogP contribution in [0.25, 0.3) is 0 Å². The van der Waals surface area contributed by atoms with Crippen LogP contribution in [0.4, 0.5) is 0 Å². The lowest BCUT2D eigenvalue weighted by molar-refractivity contribution is 0.429. The Kier molecular flexibility index (Phi) is 3.65. The molecule has 100 valence electrons. The normalized spacial score (nSPS) is 17.6. The molecule has 1 N–H and O–H groups in total. The highest BCUT2D eigenvalue weighted by atomic mass is 16.3. The van der Waals surface area contributed by atoms with E-state index in [-0.39, 0.29) is 0 Å². The summed E-state index contributed by atoms with van der Waals surface area (Å²) in [5.74, 6) is 2.43. The molecule has 2 heterocycles. The zero-order valence-electron chi connectivity index (χ0n) is 11.4. The van der Waals surface area contributed by atoms with E-state index in [1.165, 1.54) is 11.3 Å². The molecule has 1 aliphatic rings. The number of pyridine rings is 1. The molecule has 19 heavy (non-hydrogen) atoms. The fourth-order valence-electron chi connectivity index (χ4n) is 2.75. The van der Waals surface area contributed by atoms with Crippen molar-refractivity contribution in [2.45, 2.75) is 38.6 Å². The van der Waals surface area contributed by atoms with Gasteiger partial charge >= 0.3 is 0 Å². The molecule has 0 saturated carbocycles. The Morgan fingerprint density at radius 1 is 1.37 bits per heavy atom. The van der Waals surface area contributed by atoms with Crippen LogP contribution in [-0.4, -0.2) is 11.5 Å². The first-order chi connectivity index (χ1) is 9.38. The van der Waals surface area contributed by atoms with Gasteiger partial charge < -0.3 is 9.73 Å². The molecule has 1 aliphatic carbocycles. The molecule has 2 aromatic rings. The standard InChI is InChI=1S/C16H20N2O/c1-2-9-17-11-13-6-8-15(19-13)14-7-5-12-4-3-10-18-16(12)14/h3-4,6,8,10,14,17H,2,5,7,9,11H2,1H3. The fourth-order valence-corrected chi connectivity index (χ4v) is 2.75. The molecule has 0 aliphatic heterocycles. The first-order valence-corrected chi connectivity index (χ1v) is 7.11. The van der Waals surface area contributed by atoms with Gasteiger partial charge in [0.05, 0.1) is 18.2 Å². The van der Waals surface area contributed by atoms with Gasteiger partial charge in [-0.1, -0.05) is 13.0 Å². The van der Waals surface area contributed by atoms with Gasteiger partial charge in [0.2, 0.25) is 0 Å². The highest BCUT2D eigenvalue weighted by Crippen LogP contribution is 2.37. The Morgan fingerprint density at radius 3 is 3.21 bits per heavy atom. The zero-order chi connectivity index (χ0) is 13.1. The van der Waals surface area contributed by atoms with E-state index in [1.54, 1.807) is 0 Å². The SMILES string of the molecule is CCCNCc1ccc(C2CCc3cccnc32)o1. The minimum atomic E-state index is 0.344. The minimum absolute atomic E-state index is 0.344. The van der Waals surface area contributed by atoms with Crippen LogP contribution in [-0.2, 0) is 13.0 Å². The number of hydrogen-bond donors (Lipinski definition) is 1. The summed E-state index contributed by atoms with van der Waals surface area (Å²) in [6.45, 7) is 4.02. The van der Waals surface area contributed by atoms with Gasteiger partial charge in [0.25, 0.3) is 0 Å². The quantitative estimate of drug-likeness (QED) is 0.834. The van der Waals surface area contributed by atoms with E-state index >= 15 is 0 Å². The zero-order valence-corrected chi connectivity index (χ0v) is 11.4. The molecule has 2 aromatic heterocycles. The predicted octanol–water partition coefficient (Wildman–Crippen LogP) is 3.25. The van der Waals surface area contributed by atoms with Crippen molar-refractivity contribution in [1.29, 1.82) is 0 Å². The van der Waals surface area contributed by atoms with Crippen LogP contribution in [0.15, 0.2) is 34.9 Å². The Bertz CT molecular complexity index is 547. The lowest BCUT2D eigenvalue weighted by Crippen LogP contribution is -2.13. The maximum absolute atomic E-state index is 5.97. The van der Waals surface area contributed by atoms with E-state index in [1.807, 2.05) is 12.3 Å². The van der Waals surface area contributed by atoms with Crippen molar-refractivity contribution in [2.75, 3.05) is 6.54 Å². The Morgan fingerprint density at radius 2 is 2.32 bits per heavy atom. The highest BCUT2D eigenvalue weighted by molar-refractivity contribution is 5.34. The van der Waals surface area contributed by atoms with Crippen molar-refractivity contribution >= 4 is 0 Å². The maximum atomic E-state index is 5.97. The van der Waals surface area contributed by atoms with Crippen molar-refractivity contribution < 1.29 is 4.42 Å². The number of rotatable bonds is 5. The molecule has 0 fully saturated rings. The largest absolute Gasteiger partial charge is 0.464 e. The van der Waals surface area contributed by atoms with E-state index in [9.17, 15) is 0 Å². The second-order valence-corrected chi connectivity index (χ2v) is 5.12. The summed E-state index contributed by atoms with van der Waals surface area (Å²) < 4.78 is 5.97. The average molecular weight is 256 g/mol. The van der Waals surface area contributed by atoms with Gasteiger partial charge in [-0.05, 0) is 49.6 Å². The van der Waals surface area contributed by atoms with Crippen LogP contribution in [0.3, 0.4) is 0 Å². The number of furan rings is 1. The number of fused-ring (bicyclic) bond motifs is 1. The molecule has 1 atom stereocenters.